The van der Waals surface area contributed by atoms with E-state index >= 15 is 0 Å². The first-order valence-electron chi connectivity index (χ1n) is 4.31. The molecule has 1 fully saturated rings. The molecule has 0 aliphatic heterocycles. The van der Waals surface area contributed by atoms with Gasteiger partial charge >= 0.3 is 0 Å². The van der Waals surface area contributed by atoms with Crippen LogP contribution in [0.3, 0.4) is 0 Å². The molecule has 0 bridgehead atoms. The normalized spacial score (nSPS) is 26.6. The van der Waals surface area contributed by atoms with Crippen LogP contribution in [0.15, 0.2) is 24.3 Å². The molecule has 0 heterocycles. The molecular weight excluding hydrogens is 191 g/mol. The van der Waals surface area contributed by atoms with E-state index in [1.54, 1.807) is 18.2 Å². The molecule has 3 heteroatoms. The fourth-order valence-electron chi connectivity index (χ4n) is 1.32. The van der Waals surface area contributed by atoms with E-state index in [0.29, 0.717) is 5.75 Å². The van der Waals surface area contributed by atoms with E-state index in [2.05, 4.69) is 0 Å². The van der Waals surface area contributed by atoms with Crippen molar-refractivity contribution in [3.05, 3.63) is 30.1 Å². The van der Waals surface area contributed by atoms with Crippen molar-refractivity contribution in [3.8, 4) is 5.75 Å². The summed E-state index contributed by atoms with van der Waals surface area (Å²) >= 11 is 5.78. The topological polar surface area (TPSA) is 9.23 Å². The monoisotopic (exact) mass is 200 g/mol. The van der Waals surface area contributed by atoms with E-state index < -0.39 is 0 Å². The second kappa shape index (κ2) is 3.54. The van der Waals surface area contributed by atoms with Crippen LogP contribution >= 0.6 is 11.6 Å². The molecule has 2 rings (SSSR count). The average molecular weight is 201 g/mol. The molecule has 1 aromatic rings. The van der Waals surface area contributed by atoms with Crippen LogP contribution in [0.2, 0.25) is 0 Å². The Labute approximate surface area is 81.5 Å². The van der Waals surface area contributed by atoms with E-state index in [1.165, 1.54) is 6.07 Å². The van der Waals surface area contributed by atoms with Crippen LogP contribution in [0.1, 0.15) is 12.8 Å². The zero-order chi connectivity index (χ0) is 9.26. The molecule has 0 radical (unpaired) electrons. The van der Waals surface area contributed by atoms with E-state index in [1.807, 2.05) is 0 Å². The molecule has 1 aliphatic rings. The third kappa shape index (κ3) is 1.94. The molecule has 0 saturated heterocycles. The first kappa shape index (κ1) is 8.82. The Bertz CT molecular complexity index is 297. The largest absolute Gasteiger partial charge is 0.487 e. The summed E-state index contributed by atoms with van der Waals surface area (Å²) in [6, 6.07) is 6.44. The van der Waals surface area contributed by atoms with Gasteiger partial charge in [-0.15, -0.1) is 11.6 Å². The van der Waals surface area contributed by atoms with Gasteiger partial charge in [0.2, 0.25) is 0 Å². The number of rotatable bonds is 2. The highest BCUT2D eigenvalue weighted by Gasteiger charge is 2.29. The second-order valence-corrected chi connectivity index (χ2v) is 3.86. The maximum absolute atomic E-state index is 13.0. The summed E-state index contributed by atoms with van der Waals surface area (Å²) in [5.41, 5.74) is 0. The standard InChI is InChI=1S/C10H10ClFO/c11-7-5-8(6-7)13-10-4-2-1-3-9(10)12/h1-4,7-8H,5-6H2. The van der Waals surface area contributed by atoms with Gasteiger partial charge in [0.1, 0.15) is 6.10 Å². The van der Waals surface area contributed by atoms with Gasteiger partial charge in [-0.05, 0) is 12.1 Å². The molecular formula is C10H10ClFO. The first-order valence-corrected chi connectivity index (χ1v) is 4.74. The maximum atomic E-state index is 13.0. The third-order valence-electron chi connectivity index (χ3n) is 2.17. The summed E-state index contributed by atoms with van der Waals surface area (Å²) in [4.78, 5) is 0. The summed E-state index contributed by atoms with van der Waals surface area (Å²) in [6.07, 6.45) is 1.73. The molecule has 0 aromatic heterocycles. The van der Waals surface area contributed by atoms with Crippen molar-refractivity contribution in [1.82, 2.24) is 0 Å². The lowest BCUT2D eigenvalue weighted by Crippen LogP contribution is -2.34. The Morgan fingerprint density at radius 2 is 2.00 bits per heavy atom. The highest BCUT2D eigenvalue weighted by molar-refractivity contribution is 6.21. The molecule has 0 N–H and O–H groups in total. The fraction of sp³-hybridized carbons (Fsp3) is 0.400. The molecule has 70 valence electrons. The maximum Gasteiger partial charge on any atom is 0.165 e. The highest BCUT2D eigenvalue weighted by Crippen LogP contribution is 2.30. The minimum absolute atomic E-state index is 0.0967. The highest BCUT2D eigenvalue weighted by atomic mass is 35.5. The van der Waals surface area contributed by atoms with Crippen molar-refractivity contribution in [2.24, 2.45) is 0 Å². The van der Waals surface area contributed by atoms with Gasteiger partial charge in [0, 0.05) is 18.2 Å². The number of alkyl halides is 1. The van der Waals surface area contributed by atoms with Crippen molar-refractivity contribution < 1.29 is 9.13 Å². The van der Waals surface area contributed by atoms with Gasteiger partial charge < -0.3 is 4.74 Å². The Morgan fingerprint density at radius 1 is 1.31 bits per heavy atom. The Hall–Kier alpha value is -0.760. The van der Waals surface area contributed by atoms with Crippen LogP contribution in [-0.4, -0.2) is 11.5 Å². The molecule has 1 aliphatic carbocycles. The Kier molecular flexibility index (Phi) is 2.40. The molecule has 0 amide bonds. The number of hydrogen-bond donors (Lipinski definition) is 0. The van der Waals surface area contributed by atoms with Crippen LogP contribution < -0.4 is 4.74 Å². The first-order chi connectivity index (χ1) is 6.25. The predicted octanol–water partition coefficient (Wildman–Crippen LogP) is 2.97. The fourth-order valence-corrected chi connectivity index (χ4v) is 1.72. The number of halogens is 2. The number of ether oxygens (including phenoxy) is 1. The molecule has 1 aromatic carbocycles. The van der Waals surface area contributed by atoms with E-state index in [0.717, 1.165) is 12.8 Å². The van der Waals surface area contributed by atoms with Crippen molar-refractivity contribution >= 4 is 11.6 Å². The van der Waals surface area contributed by atoms with Crippen LogP contribution in [-0.2, 0) is 0 Å². The van der Waals surface area contributed by atoms with E-state index in [9.17, 15) is 4.39 Å². The lowest BCUT2D eigenvalue weighted by molar-refractivity contribution is 0.118. The van der Waals surface area contributed by atoms with Crippen LogP contribution in [0.5, 0.6) is 5.75 Å². The van der Waals surface area contributed by atoms with Crippen LogP contribution in [0.4, 0.5) is 4.39 Å². The van der Waals surface area contributed by atoms with Gasteiger partial charge in [-0.1, -0.05) is 12.1 Å². The van der Waals surface area contributed by atoms with Gasteiger partial charge in [-0.3, -0.25) is 0 Å². The van der Waals surface area contributed by atoms with Gasteiger partial charge in [0.05, 0.1) is 0 Å². The van der Waals surface area contributed by atoms with Crippen LogP contribution in [0.25, 0.3) is 0 Å². The van der Waals surface area contributed by atoms with E-state index in [4.69, 9.17) is 16.3 Å². The lowest BCUT2D eigenvalue weighted by Gasteiger charge is -2.31. The molecule has 0 atom stereocenters. The summed E-state index contributed by atoms with van der Waals surface area (Å²) in [7, 11) is 0. The van der Waals surface area contributed by atoms with Gasteiger partial charge in [0.15, 0.2) is 11.6 Å². The van der Waals surface area contributed by atoms with Gasteiger partial charge in [-0.2, -0.15) is 0 Å². The third-order valence-corrected chi connectivity index (χ3v) is 2.52. The summed E-state index contributed by atoms with van der Waals surface area (Å²) in [5, 5.41) is 0.205. The molecule has 0 unspecified atom stereocenters. The SMILES string of the molecule is Fc1ccccc1OC1CC(Cl)C1. The van der Waals surface area contributed by atoms with Gasteiger partial charge in [0.25, 0.3) is 0 Å². The second-order valence-electron chi connectivity index (χ2n) is 3.24. The number of benzene rings is 1. The summed E-state index contributed by atoms with van der Waals surface area (Å²) in [6.45, 7) is 0. The van der Waals surface area contributed by atoms with Crippen LogP contribution in [0, 0.1) is 5.82 Å². The molecule has 0 spiro atoms. The zero-order valence-electron chi connectivity index (χ0n) is 7.04. The Balaban J connectivity index is 1.98. The lowest BCUT2D eigenvalue weighted by atomic mass is 9.95. The quantitative estimate of drug-likeness (QED) is 0.667. The van der Waals surface area contributed by atoms with Crippen molar-refractivity contribution in [2.75, 3.05) is 0 Å². The average Bonchev–Trinajstić information content (AvgIpc) is 2.06. The molecule has 1 saturated carbocycles. The minimum atomic E-state index is -0.305. The summed E-state index contributed by atoms with van der Waals surface area (Å²) in [5.74, 6) is 0.0246. The number of hydrogen-bond acceptors (Lipinski definition) is 1. The van der Waals surface area contributed by atoms with Crippen molar-refractivity contribution in [3.63, 3.8) is 0 Å². The van der Waals surface area contributed by atoms with Crippen molar-refractivity contribution in [2.45, 2.75) is 24.3 Å². The molecule has 13 heavy (non-hydrogen) atoms. The smallest absolute Gasteiger partial charge is 0.165 e. The van der Waals surface area contributed by atoms with Crippen molar-refractivity contribution in [1.29, 1.82) is 0 Å². The van der Waals surface area contributed by atoms with E-state index in [-0.39, 0.29) is 17.3 Å². The predicted molar refractivity (Wildman–Crippen MR) is 49.7 cm³/mol. The van der Waals surface area contributed by atoms with Gasteiger partial charge in [-0.25, -0.2) is 4.39 Å². The minimum Gasteiger partial charge on any atom is -0.487 e. The molecule has 1 nitrogen and oxygen atoms in total. The summed E-state index contributed by atoms with van der Waals surface area (Å²) < 4.78 is 18.4. The Morgan fingerprint density at radius 3 is 2.62 bits per heavy atom. The zero-order valence-corrected chi connectivity index (χ0v) is 7.80. The number of para-hydroxylation sites is 1.